The maximum Gasteiger partial charge on any atom is 0.295 e. The summed E-state index contributed by atoms with van der Waals surface area (Å²) in [6.07, 6.45) is 4.34. The number of hydrogen-bond donors (Lipinski definition) is 8. The Labute approximate surface area is 440 Å². The molecule has 28 heteroatoms. The third-order valence-corrected chi connectivity index (χ3v) is 11.8. The molecule has 0 fully saturated rings. The zero-order valence-corrected chi connectivity index (χ0v) is 43.8. The number of aromatic nitrogens is 2. The molecule has 304 valence electrons. The van der Waals surface area contributed by atoms with Gasteiger partial charge in [-0.2, -0.15) is 33.7 Å². The predicted octanol–water partition coefficient (Wildman–Crippen LogP) is 2.33. The van der Waals surface area contributed by atoms with E-state index in [-0.39, 0.29) is 163 Å². The van der Waals surface area contributed by atoms with Crippen LogP contribution in [0.2, 0.25) is 0 Å². The Morgan fingerprint density at radius 3 is 1.11 bits per heavy atom. The Balaban J connectivity index is 0.00000331. The number of nitrogens with one attached hydrogen (secondary N) is 2. The zero-order chi connectivity index (χ0) is 42.5. The van der Waals surface area contributed by atoms with Crippen LogP contribution in [0.1, 0.15) is 31.8 Å². The molecule has 0 aliphatic rings. The Kier molecular flexibility index (Phi) is 19.1. The van der Waals surface area contributed by atoms with Crippen LogP contribution in [0.3, 0.4) is 0 Å². The molecule has 0 bridgehead atoms. The normalized spacial score (nSPS) is 11.7. The molecule has 20 nitrogen and oxygen atoms in total. The van der Waals surface area contributed by atoms with Crippen LogP contribution in [0, 0.1) is 0 Å². The first-order valence-electron chi connectivity index (χ1n) is 15.7. The van der Waals surface area contributed by atoms with E-state index in [1.165, 1.54) is 36.7 Å². The minimum Gasteiger partial charge on any atom is -0.505 e. The van der Waals surface area contributed by atoms with E-state index in [0.29, 0.717) is 12.1 Å². The van der Waals surface area contributed by atoms with E-state index >= 15 is 0 Å². The topological polar surface area (TPSA) is 342 Å². The molecule has 2 heterocycles. The molecule has 0 saturated heterocycles. The number of nitrogens with zero attached hydrogens (tertiary/aromatic N) is 2. The maximum absolute atomic E-state index is 13.2. The van der Waals surface area contributed by atoms with Gasteiger partial charge in [-0.1, -0.05) is 24.3 Å². The van der Waals surface area contributed by atoms with Gasteiger partial charge < -0.3 is 20.8 Å². The van der Waals surface area contributed by atoms with Crippen molar-refractivity contribution >= 4 is 216 Å². The summed E-state index contributed by atoms with van der Waals surface area (Å²) in [4.78, 5) is 30.8. The number of phenols is 2. The summed E-state index contributed by atoms with van der Waals surface area (Å²) >= 11 is 0. The smallest absolute Gasteiger partial charge is 0.295 e. The molecule has 4 radical (unpaired) electrons. The molecular formula is C34H24N4Na4O16S4. The van der Waals surface area contributed by atoms with Crippen LogP contribution in [0.15, 0.2) is 105 Å². The van der Waals surface area contributed by atoms with Crippen molar-refractivity contribution in [2.45, 2.75) is 19.6 Å². The van der Waals surface area contributed by atoms with Crippen LogP contribution < -0.4 is 10.6 Å². The maximum atomic E-state index is 13.2. The summed E-state index contributed by atoms with van der Waals surface area (Å²) < 4.78 is 137. The molecule has 0 aliphatic heterocycles. The molecule has 6 aromatic rings. The standard InChI is InChI=1S/C34H24N4O16S4.4Na/c39-31-23(15-27(57(49,50)51)21-3-1-11-35-29(21)31)33(41)37-19-9-7-17(25(13-19)55(43,44)45)5-6-18-8-10-20(14-26(18)56(46,47)48)38-34(42)24-16-28(58(52,53)54)22-4-2-12-36-30(22)32(24)40;;;;/h1-16,39-40H,(H,37,41)(H,38,42)(H,43,44,45)(H,46,47,48)(H,49,50,51)(H,52,53,54);;;;/b6-5+;;;;. The molecule has 0 unspecified atom stereocenters. The molecule has 2 amide bonds. The Bertz CT molecular complexity index is 3050. The number of hydrogen-bond acceptors (Lipinski definition) is 14. The molecule has 0 aliphatic carbocycles. The van der Waals surface area contributed by atoms with Gasteiger partial charge in [0.25, 0.3) is 52.3 Å². The summed E-state index contributed by atoms with van der Waals surface area (Å²) in [7, 11) is -20.1. The average molecular weight is 965 g/mol. The van der Waals surface area contributed by atoms with Crippen LogP contribution in [0.5, 0.6) is 11.5 Å². The van der Waals surface area contributed by atoms with Gasteiger partial charge in [0.05, 0.1) is 11.1 Å². The third kappa shape index (κ3) is 12.3. The van der Waals surface area contributed by atoms with Gasteiger partial charge >= 0.3 is 0 Å². The first-order valence-corrected chi connectivity index (χ1v) is 21.4. The van der Waals surface area contributed by atoms with Crippen LogP contribution in [-0.4, -0.2) is 202 Å². The van der Waals surface area contributed by atoms with Gasteiger partial charge in [-0.3, -0.25) is 37.8 Å². The summed E-state index contributed by atoms with van der Waals surface area (Å²) in [5, 5.41) is 25.4. The minimum atomic E-state index is -5.11. The second-order valence-electron chi connectivity index (χ2n) is 12.0. The molecule has 8 N–H and O–H groups in total. The fraction of sp³-hybridized carbons (Fsp3) is 0. The van der Waals surface area contributed by atoms with Gasteiger partial charge in [0.2, 0.25) is 0 Å². The number of rotatable bonds is 10. The van der Waals surface area contributed by atoms with E-state index in [0.717, 1.165) is 48.6 Å². The van der Waals surface area contributed by atoms with Gasteiger partial charge in [0.15, 0.2) is 11.5 Å². The van der Waals surface area contributed by atoms with E-state index in [1.54, 1.807) is 0 Å². The number of carbonyl (C=O) groups excluding carboxylic acids is 2. The Hall–Kier alpha value is -2.38. The summed E-state index contributed by atoms with van der Waals surface area (Å²) in [5.41, 5.74) is -3.36. The van der Waals surface area contributed by atoms with Crippen molar-refractivity contribution in [3.05, 3.63) is 107 Å². The number of aromatic hydroxyl groups is 2. The van der Waals surface area contributed by atoms with E-state index < -0.39 is 94.5 Å². The number of pyridine rings is 2. The van der Waals surface area contributed by atoms with Crippen molar-refractivity contribution in [3.8, 4) is 11.5 Å². The monoisotopic (exact) mass is 964 g/mol. The summed E-state index contributed by atoms with van der Waals surface area (Å²) in [6, 6.07) is 12.2. The van der Waals surface area contributed by atoms with E-state index in [2.05, 4.69) is 20.6 Å². The van der Waals surface area contributed by atoms with Gasteiger partial charge in [-0.25, -0.2) is 0 Å². The van der Waals surface area contributed by atoms with Crippen molar-refractivity contribution < 1.29 is 71.7 Å². The van der Waals surface area contributed by atoms with E-state index in [1.807, 2.05) is 0 Å². The fourth-order valence-electron chi connectivity index (χ4n) is 5.69. The van der Waals surface area contributed by atoms with Gasteiger partial charge in [0, 0.05) is 153 Å². The predicted molar refractivity (Wildman–Crippen MR) is 227 cm³/mol. The largest absolute Gasteiger partial charge is 0.505 e. The van der Waals surface area contributed by atoms with Gasteiger partial charge in [-0.05, 0) is 71.8 Å². The van der Waals surface area contributed by atoms with Crippen molar-refractivity contribution in [2.75, 3.05) is 10.6 Å². The third-order valence-electron chi connectivity index (χ3n) is 8.24. The van der Waals surface area contributed by atoms with E-state index in [9.17, 15) is 71.7 Å². The molecule has 4 aromatic carbocycles. The van der Waals surface area contributed by atoms with Crippen LogP contribution in [0.4, 0.5) is 11.4 Å². The first-order chi connectivity index (χ1) is 26.9. The SMILES string of the molecule is O=C(Nc1ccc(/C=C/c2ccc(NC(=O)c3cc(S(=O)(=O)O)c4cccnc4c3O)cc2S(=O)(=O)O)c(S(=O)(=O)O)c1)c1cc(S(=O)(=O)O)c2cccnc2c1O.[Na].[Na].[Na].[Na]. The average Bonchev–Trinajstić information content (AvgIpc) is 3.13. The number of amides is 2. The second-order valence-corrected chi connectivity index (χ2v) is 17.5. The molecule has 62 heavy (non-hydrogen) atoms. The Morgan fingerprint density at radius 1 is 0.484 bits per heavy atom. The Morgan fingerprint density at radius 2 is 0.806 bits per heavy atom. The number of phenolic OH excluding ortho intramolecular Hbond substituents is 2. The van der Waals surface area contributed by atoms with Crippen molar-refractivity contribution in [1.82, 2.24) is 9.97 Å². The minimum absolute atomic E-state index is 0. The first kappa shape index (κ1) is 55.8. The molecular weight excluding hydrogens is 941 g/mol. The number of anilines is 2. The molecule has 0 atom stereocenters. The van der Waals surface area contributed by atoms with Crippen LogP contribution >= 0.6 is 0 Å². The molecule has 2 aromatic heterocycles. The number of benzene rings is 4. The molecule has 0 saturated carbocycles. The fourth-order valence-corrected chi connectivity index (χ4v) is 8.53. The second kappa shape index (κ2) is 21.3. The quantitative estimate of drug-likeness (QED) is 0.0555. The number of fused-ring (bicyclic) bond motifs is 2. The van der Waals surface area contributed by atoms with Crippen molar-refractivity contribution in [3.63, 3.8) is 0 Å². The summed E-state index contributed by atoms with van der Waals surface area (Å²) in [6.45, 7) is 0. The molecule has 0 spiro atoms. The van der Waals surface area contributed by atoms with Crippen LogP contribution in [0.25, 0.3) is 34.0 Å². The van der Waals surface area contributed by atoms with E-state index in [4.69, 9.17) is 0 Å². The van der Waals surface area contributed by atoms with Crippen molar-refractivity contribution in [1.29, 1.82) is 0 Å². The van der Waals surface area contributed by atoms with Gasteiger partial charge in [0.1, 0.15) is 30.6 Å². The molecule has 6 rings (SSSR count). The van der Waals surface area contributed by atoms with Gasteiger partial charge in [-0.15, -0.1) is 0 Å². The van der Waals surface area contributed by atoms with Crippen molar-refractivity contribution in [2.24, 2.45) is 0 Å². The zero-order valence-electron chi connectivity index (χ0n) is 32.5. The summed E-state index contributed by atoms with van der Waals surface area (Å²) in [5.74, 6) is -3.97. The van der Waals surface area contributed by atoms with Crippen LogP contribution in [-0.2, 0) is 40.5 Å². The number of carbonyl (C=O) groups is 2.